The van der Waals surface area contributed by atoms with Crippen LogP contribution in [0.2, 0.25) is 0 Å². The third-order valence-electron chi connectivity index (χ3n) is 5.11. The van der Waals surface area contributed by atoms with Gasteiger partial charge >= 0.3 is 0 Å². The van der Waals surface area contributed by atoms with Crippen molar-refractivity contribution >= 4 is 11.9 Å². The highest BCUT2D eigenvalue weighted by Gasteiger charge is 2.24. The van der Waals surface area contributed by atoms with Crippen LogP contribution in [0.4, 0.5) is 0 Å². The molecule has 1 aliphatic heterocycles. The lowest BCUT2D eigenvalue weighted by atomic mass is 9.89. The van der Waals surface area contributed by atoms with Crippen LogP contribution >= 0.6 is 0 Å². The molecule has 0 bridgehead atoms. The average Bonchev–Trinajstić information content (AvgIpc) is 3.04. The van der Waals surface area contributed by atoms with E-state index in [0.717, 1.165) is 31.0 Å². The lowest BCUT2D eigenvalue weighted by Gasteiger charge is -2.30. The average molecular weight is 389 g/mol. The lowest BCUT2D eigenvalue weighted by Crippen LogP contribution is -2.45. The van der Waals surface area contributed by atoms with Gasteiger partial charge in [0.25, 0.3) is 0 Å². The molecule has 0 radical (unpaired) electrons. The zero-order valence-corrected chi connectivity index (χ0v) is 18.0. The zero-order chi connectivity index (χ0) is 20.6. The summed E-state index contributed by atoms with van der Waals surface area (Å²) in [6, 6.07) is 8.24. The van der Waals surface area contributed by atoms with E-state index in [2.05, 4.69) is 50.5 Å². The molecule has 28 heavy (non-hydrogen) atoms. The first-order valence-corrected chi connectivity index (χ1v) is 10.2. The van der Waals surface area contributed by atoms with Crippen molar-refractivity contribution in [2.75, 3.05) is 26.7 Å². The Morgan fingerprint density at radius 2 is 1.96 bits per heavy atom. The maximum Gasteiger partial charge on any atom is 0.222 e. The number of methoxy groups -OCH3 is 1. The van der Waals surface area contributed by atoms with Crippen LogP contribution in [0.25, 0.3) is 0 Å². The van der Waals surface area contributed by atoms with Crippen molar-refractivity contribution in [1.29, 1.82) is 0 Å². The normalized spacial score (nSPS) is 16.4. The fraction of sp³-hybridized carbons (Fsp3) is 0.636. The number of carbonyl (C=O) groups excluding carboxylic acids is 1. The van der Waals surface area contributed by atoms with Gasteiger partial charge in [0.05, 0.1) is 12.6 Å². The van der Waals surface area contributed by atoms with Crippen LogP contribution < -0.4 is 10.6 Å². The number of nitrogens with zero attached hydrogens (tertiary/aromatic N) is 2. The van der Waals surface area contributed by atoms with E-state index in [1.807, 2.05) is 17.0 Å². The number of nitrogens with one attached hydrogen (secondary N) is 2. The summed E-state index contributed by atoms with van der Waals surface area (Å²) in [5.41, 5.74) is 2.37. The number of hydrogen-bond acceptors (Lipinski definition) is 3. The molecule has 1 saturated heterocycles. The highest BCUT2D eigenvalue weighted by atomic mass is 16.5. The van der Waals surface area contributed by atoms with Crippen LogP contribution in [0.15, 0.2) is 29.3 Å². The van der Waals surface area contributed by atoms with Crippen LogP contribution in [-0.2, 0) is 22.6 Å². The van der Waals surface area contributed by atoms with Gasteiger partial charge in [-0.3, -0.25) is 4.79 Å². The summed E-state index contributed by atoms with van der Waals surface area (Å²) in [5, 5.41) is 6.70. The topological polar surface area (TPSA) is 66.0 Å². The van der Waals surface area contributed by atoms with Crippen molar-refractivity contribution in [3.05, 3.63) is 35.4 Å². The van der Waals surface area contributed by atoms with Crippen LogP contribution in [-0.4, -0.2) is 49.6 Å². The maximum atomic E-state index is 12.0. The van der Waals surface area contributed by atoms with E-state index in [-0.39, 0.29) is 17.4 Å². The van der Waals surface area contributed by atoms with Gasteiger partial charge in [-0.25, -0.2) is 4.99 Å². The fourth-order valence-electron chi connectivity index (χ4n) is 3.38. The number of likely N-dealkylation sites (tertiary alicyclic amines) is 1. The van der Waals surface area contributed by atoms with Crippen LogP contribution in [0.5, 0.6) is 0 Å². The summed E-state index contributed by atoms with van der Waals surface area (Å²) in [6.07, 6.45) is 1.72. The first-order valence-electron chi connectivity index (χ1n) is 10.2. The Balaban J connectivity index is 2.05. The number of amides is 1. The van der Waals surface area contributed by atoms with Gasteiger partial charge in [0.15, 0.2) is 5.96 Å². The molecule has 1 atom stereocenters. The second-order valence-corrected chi connectivity index (χ2v) is 8.35. The molecule has 6 nitrogen and oxygen atoms in total. The largest absolute Gasteiger partial charge is 0.379 e. The van der Waals surface area contributed by atoms with Gasteiger partial charge in [0, 0.05) is 39.7 Å². The molecule has 1 fully saturated rings. The predicted octanol–water partition coefficient (Wildman–Crippen LogP) is 2.93. The second kappa shape index (κ2) is 10.5. The van der Waals surface area contributed by atoms with Gasteiger partial charge in [0.2, 0.25) is 5.91 Å². The Morgan fingerprint density at radius 1 is 1.25 bits per heavy atom. The van der Waals surface area contributed by atoms with Crippen molar-refractivity contribution < 1.29 is 9.53 Å². The number of benzene rings is 1. The SMILES string of the molecule is CCNC(=NCc1ccccc1CN1CCCC1=O)NCC(OC)C(C)(C)C. The summed E-state index contributed by atoms with van der Waals surface area (Å²) >= 11 is 0. The smallest absolute Gasteiger partial charge is 0.222 e. The van der Waals surface area contributed by atoms with Gasteiger partial charge in [-0.1, -0.05) is 45.0 Å². The maximum absolute atomic E-state index is 12.0. The molecule has 1 unspecified atom stereocenters. The summed E-state index contributed by atoms with van der Waals surface area (Å²) < 4.78 is 5.63. The van der Waals surface area contributed by atoms with Crippen molar-refractivity contribution in [3.8, 4) is 0 Å². The highest BCUT2D eigenvalue weighted by Crippen LogP contribution is 2.21. The number of guanidine groups is 1. The minimum atomic E-state index is 0.0495. The van der Waals surface area contributed by atoms with E-state index in [1.165, 1.54) is 5.56 Å². The van der Waals surface area contributed by atoms with E-state index >= 15 is 0 Å². The van der Waals surface area contributed by atoms with Gasteiger partial charge in [-0.15, -0.1) is 0 Å². The van der Waals surface area contributed by atoms with Gasteiger partial charge < -0.3 is 20.3 Å². The van der Waals surface area contributed by atoms with Crippen LogP contribution in [0.3, 0.4) is 0 Å². The van der Waals surface area contributed by atoms with Crippen molar-refractivity contribution in [3.63, 3.8) is 0 Å². The van der Waals surface area contributed by atoms with Crippen molar-refractivity contribution in [2.24, 2.45) is 10.4 Å². The highest BCUT2D eigenvalue weighted by molar-refractivity contribution is 5.80. The molecule has 1 aliphatic rings. The molecular weight excluding hydrogens is 352 g/mol. The number of carbonyl (C=O) groups is 1. The molecule has 2 rings (SSSR count). The van der Waals surface area contributed by atoms with Gasteiger partial charge in [-0.2, -0.15) is 0 Å². The summed E-state index contributed by atoms with van der Waals surface area (Å²) in [6.45, 7) is 12.1. The zero-order valence-electron chi connectivity index (χ0n) is 18.0. The monoisotopic (exact) mass is 388 g/mol. The third-order valence-corrected chi connectivity index (χ3v) is 5.11. The molecular formula is C22H36N4O2. The Kier molecular flexibility index (Phi) is 8.30. The predicted molar refractivity (Wildman–Crippen MR) is 114 cm³/mol. The molecule has 6 heteroatoms. The van der Waals surface area contributed by atoms with Gasteiger partial charge in [0.1, 0.15) is 0 Å². The molecule has 156 valence electrons. The first-order chi connectivity index (χ1) is 13.3. The van der Waals surface area contributed by atoms with Crippen LogP contribution in [0.1, 0.15) is 51.7 Å². The van der Waals surface area contributed by atoms with Crippen molar-refractivity contribution in [2.45, 2.75) is 59.7 Å². The van der Waals surface area contributed by atoms with E-state index in [1.54, 1.807) is 7.11 Å². The number of aliphatic imine (C=N–C) groups is 1. The van der Waals surface area contributed by atoms with Crippen molar-refractivity contribution in [1.82, 2.24) is 15.5 Å². The standard InChI is InChI=1S/C22H36N4O2/c1-6-23-21(25-15-19(28-5)22(2,3)4)24-14-17-10-7-8-11-18(17)16-26-13-9-12-20(26)27/h7-8,10-11,19H,6,9,12-16H2,1-5H3,(H2,23,24,25). The van der Waals surface area contributed by atoms with E-state index < -0.39 is 0 Å². The summed E-state index contributed by atoms with van der Waals surface area (Å²) in [4.78, 5) is 18.7. The van der Waals surface area contributed by atoms with Crippen LogP contribution in [0, 0.1) is 5.41 Å². The molecule has 2 N–H and O–H groups in total. The lowest BCUT2D eigenvalue weighted by molar-refractivity contribution is -0.128. The Bertz CT molecular complexity index is 667. The Hall–Kier alpha value is -2.08. The number of hydrogen-bond donors (Lipinski definition) is 2. The quantitative estimate of drug-likeness (QED) is 0.531. The Morgan fingerprint density at radius 3 is 2.54 bits per heavy atom. The molecule has 1 heterocycles. The van der Waals surface area contributed by atoms with E-state index in [9.17, 15) is 4.79 Å². The molecule has 0 aromatic heterocycles. The number of rotatable bonds is 8. The minimum Gasteiger partial charge on any atom is -0.379 e. The second-order valence-electron chi connectivity index (χ2n) is 8.35. The Labute approximate surface area is 169 Å². The molecule has 0 aliphatic carbocycles. The fourth-order valence-corrected chi connectivity index (χ4v) is 3.38. The number of ether oxygens (including phenoxy) is 1. The molecule has 1 aromatic rings. The molecule has 1 amide bonds. The molecule has 0 spiro atoms. The first kappa shape index (κ1) is 22.2. The van der Waals surface area contributed by atoms with Gasteiger partial charge in [-0.05, 0) is 29.9 Å². The third kappa shape index (κ3) is 6.51. The summed E-state index contributed by atoms with van der Waals surface area (Å²) in [5.74, 6) is 1.03. The molecule has 1 aromatic carbocycles. The molecule has 0 saturated carbocycles. The minimum absolute atomic E-state index is 0.0495. The van der Waals surface area contributed by atoms with E-state index in [0.29, 0.717) is 26.1 Å². The summed E-state index contributed by atoms with van der Waals surface area (Å²) in [7, 11) is 1.75. The van der Waals surface area contributed by atoms with E-state index in [4.69, 9.17) is 9.73 Å².